The van der Waals surface area contributed by atoms with Crippen LogP contribution in [0, 0.1) is 0 Å². The van der Waals surface area contributed by atoms with Crippen molar-refractivity contribution in [3.8, 4) is 0 Å². The van der Waals surface area contributed by atoms with Crippen molar-refractivity contribution in [1.82, 2.24) is 4.90 Å². The van der Waals surface area contributed by atoms with Crippen LogP contribution in [0.3, 0.4) is 0 Å². The molecule has 6 heteroatoms. The van der Waals surface area contributed by atoms with Gasteiger partial charge in [-0.1, -0.05) is 29.8 Å². The molecule has 1 heterocycles. The number of hydrogen-bond acceptors (Lipinski definition) is 3. The van der Waals surface area contributed by atoms with Gasteiger partial charge >= 0.3 is 0 Å². The molecular formula is C18H28Cl2N2O2. The maximum Gasteiger partial charge on any atom is 0.232 e. The Hall–Kier alpha value is -0.810. The largest absolute Gasteiger partial charge is 0.378 e. The number of carbonyl (C=O) groups excluding carboxylic acids is 1. The number of amides is 1. The van der Waals surface area contributed by atoms with Crippen LogP contribution in [-0.4, -0.2) is 43.2 Å². The predicted octanol–water partition coefficient (Wildman–Crippen LogP) is 3.40. The lowest BCUT2D eigenvalue weighted by atomic mass is 9.82. The van der Waals surface area contributed by atoms with E-state index in [1.165, 1.54) is 0 Å². The summed E-state index contributed by atoms with van der Waals surface area (Å²) in [5, 5.41) is 0.644. The summed E-state index contributed by atoms with van der Waals surface area (Å²) in [6.45, 7) is 6.73. The van der Waals surface area contributed by atoms with Crippen LogP contribution in [-0.2, 0) is 14.9 Å². The third-order valence-electron chi connectivity index (χ3n) is 4.51. The zero-order valence-corrected chi connectivity index (χ0v) is 16.0. The van der Waals surface area contributed by atoms with Gasteiger partial charge < -0.3 is 15.4 Å². The van der Waals surface area contributed by atoms with E-state index in [-0.39, 0.29) is 24.4 Å². The summed E-state index contributed by atoms with van der Waals surface area (Å²) in [5.41, 5.74) is 5.74. The summed E-state index contributed by atoms with van der Waals surface area (Å²) in [7, 11) is 0. The van der Waals surface area contributed by atoms with Crippen LogP contribution in [0.25, 0.3) is 0 Å². The van der Waals surface area contributed by atoms with Crippen LogP contribution >= 0.6 is 24.0 Å². The summed E-state index contributed by atoms with van der Waals surface area (Å²) in [6, 6.07) is 7.58. The van der Waals surface area contributed by atoms with Gasteiger partial charge in [0.1, 0.15) is 0 Å². The highest BCUT2D eigenvalue weighted by molar-refractivity contribution is 6.31. The topological polar surface area (TPSA) is 55.6 Å². The normalized spacial score (nSPS) is 15.9. The summed E-state index contributed by atoms with van der Waals surface area (Å²) >= 11 is 6.28. The molecule has 0 bridgehead atoms. The number of hydrogen-bond donors (Lipinski definition) is 1. The lowest BCUT2D eigenvalue weighted by Crippen LogP contribution is -2.48. The van der Waals surface area contributed by atoms with Crippen LogP contribution in [0.2, 0.25) is 5.02 Å². The van der Waals surface area contributed by atoms with E-state index in [1.54, 1.807) is 0 Å². The maximum absolute atomic E-state index is 12.9. The number of benzene rings is 1. The second kappa shape index (κ2) is 9.62. The van der Waals surface area contributed by atoms with Gasteiger partial charge in [-0.05, 0) is 51.3 Å². The molecule has 4 nitrogen and oxygen atoms in total. The number of likely N-dealkylation sites (tertiary alicyclic amines) is 1. The van der Waals surface area contributed by atoms with Crippen LogP contribution in [0.5, 0.6) is 0 Å². The molecule has 0 saturated carbocycles. The molecule has 1 aromatic rings. The first kappa shape index (κ1) is 21.2. The molecule has 1 aliphatic rings. The van der Waals surface area contributed by atoms with E-state index >= 15 is 0 Å². The van der Waals surface area contributed by atoms with Crippen LogP contribution in [0.15, 0.2) is 24.3 Å². The molecule has 2 N–H and O–H groups in total. The fourth-order valence-corrected chi connectivity index (χ4v) is 3.41. The Labute approximate surface area is 156 Å². The number of ether oxygens (including phenoxy) is 1. The van der Waals surface area contributed by atoms with Gasteiger partial charge in [0.2, 0.25) is 5.91 Å². The average molecular weight is 375 g/mol. The third kappa shape index (κ3) is 5.09. The fraction of sp³-hybridized carbons (Fsp3) is 0.611. The molecule has 136 valence electrons. The number of nitrogens with two attached hydrogens (primary N) is 1. The van der Waals surface area contributed by atoms with Gasteiger partial charge in [0.15, 0.2) is 0 Å². The molecule has 1 aliphatic heterocycles. The molecule has 24 heavy (non-hydrogen) atoms. The van der Waals surface area contributed by atoms with E-state index in [9.17, 15) is 4.79 Å². The van der Waals surface area contributed by atoms with Gasteiger partial charge in [-0.25, -0.2) is 0 Å². The zero-order chi connectivity index (χ0) is 16.9. The molecule has 0 atom stereocenters. The predicted molar refractivity (Wildman–Crippen MR) is 101 cm³/mol. The summed E-state index contributed by atoms with van der Waals surface area (Å²) in [6.07, 6.45) is 2.90. The summed E-state index contributed by atoms with van der Waals surface area (Å²) in [4.78, 5) is 14.9. The van der Waals surface area contributed by atoms with Gasteiger partial charge in [-0.2, -0.15) is 0 Å². The van der Waals surface area contributed by atoms with Crippen LogP contribution in [0.4, 0.5) is 0 Å². The molecule has 1 saturated heterocycles. The van der Waals surface area contributed by atoms with E-state index < -0.39 is 5.41 Å². The molecule has 1 aromatic carbocycles. The van der Waals surface area contributed by atoms with Crippen LogP contribution in [0.1, 0.15) is 38.7 Å². The third-order valence-corrected chi connectivity index (χ3v) is 4.84. The van der Waals surface area contributed by atoms with Gasteiger partial charge in [0.05, 0.1) is 11.5 Å². The van der Waals surface area contributed by atoms with E-state index in [4.69, 9.17) is 22.1 Å². The number of nitrogens with zero attached hydrogens (tertiary/aromatic N) is 1. The molecule has 0 radical (unpaired) electrons. The van der Waals surface area contributed by atoms with Crippen molar-refractivity contribution >= 4 is 29.9 Å². The number of rotatable bonds is 6. The van der Waals surface area contributed by atoms with Crippen molar-refractivity contribution in [3.05, 3.63) is 34.9 Å². The molecule has 0 aliphatic carbocycles. The minimum absolute atomic E-state index is 0. The molecule has 0 unspecified atom stereocenters. The van der Waals surface area contributed by atoms with E-state index in [1.807, 2.05) is 43.0 Å². The van der Waals surface area contributed by atoms with Crippen molar-refractivity contribution < 1.29 is 9.53 Å². The zero-order valence-electron chi connectivity index (χ0n) is 14.5. The van der Waals surface area contributed by atoms with Crippen molar-refractivity contribution in [2.45, 2.75) is 44.6 Å². The van der Waals surface area contributed by atoms with Crippen molar-refractivity contribution in [2.24, 2.45) is 5.73 Å². The fourth-order valence-electron chi connectivity index (χ4n) is 3.04. The standard InChI is InChI=1S/C18H27ClN2O2.ClH/c1-18(2,15-6-3-4-7-16(15)19)17(22)21-11-8-14(9-12-21)23-13-5-10-20;/h3-4,6-7,14H,5,8-13,20H2,1-2H3;1H. The minimum atomic E-state index is -0.619. The molecule has 1 fully saturated rings. The number of piperidine rings is 1. The lowest BCUT2D eigenvalue weighted by molar-refractivity contribution is -0.139. The maximum atomic E-state index is 12.9. The molecule has 0 aromatic heterocycles. The lowest BCUT2D eigenvalue weighted by Gasteiger charge is -2.37. The monoisotopic (exact) mass is 374 g/mol. The molecule has 2 rings (SSSR count). The molecule has 1 amide bonds. The Kier molecular flexibility index (Phi) is 8.51. The first-order valence-electron chi connectivity index (χ1n) is 8.33. The average Bonchev–Trinajstić information content (AvgIpc) is 2.55. The summed E-state index contributed by atoms with van der Waals surface area (Å²) < 4.78 is 5.80. The Morgan fingerprint density at radius 2 is 1.96 bits per heavy atom. The molecular weight excluding hydrogens is 347 g/mol. The molecule has 0 spiro atoms. The number of halogens is 2. The highest BCUT2D eigenvalue weighted by atomic mass is 35.5. The Morgan fingerprint density at radius 3 is 2.54 bits per heavy atom. The van der Waals surface area contributed by atoms with E-state index in [0.717, 1.165) is 37.9 Å². The van der Waals surface area contributed by atoms with Crippen molar-refractivity contribution in [2.75, 3.05) is 26.2 Å². The van der Waals surface area contributed by atoms with Crippen molar-refractivity contribution in [3.63, 3.8) is 0 Å². The Morgan fingerprint density at radius 1 is 1.33 bits per heavy atom. The highest BCUT2D eigenvalue weighted by Gasteiger charge is 2.36. The Bertz CT molecular complexity index is 530. The second-order valence-corrected chi connectivity index (χ2v) is 7.02. The van der Waals surface area contributed by atoms with Crippen LogP contribution < -0.4 is 5.73 Å². The highest BCUT2D eigenvalue weighted by Crippen LogP contribution is 2.32. The SMILES string of the molecule is CC(C)(C(=O)N1CCC(OCCCN)CC1)c1ccccc1Cl.Cl. The van der Waals surface area contributed by atoms with Gasteiger partial charge in [0.25, 0.3) is 0 Å². The van der Waals surface area contributed by atoms with Crippen molar-refractivity contribution in [1.29, 1.82) is 0 Å². The van der Waals surface area contributed by atoms with Gasteiger partial charge in [0, 0.05) is 24.7 Å². The Balaban J connectivity index is 0.00000288. The number of carbonyl (C=O) groups is 1. The minimum Gasteiger partial charge on any atom is -0.378 e. The van der Waals surface area contributed by atoms with Gasteiger partial charge in [-0.3, -0.25) is 4.79 Å². The quantitative estimate of drug-likeness (QED) is 0.776. The second-order valence-electron chi connectivity index (χ2n) is 6.61. The smallest absolute Gasteiger partial charge is 0.232 e. The van der Waals surface area contributed by atoms with E-state index in [2.05, 4.69) is 0 Å². The van der Waals surface area contributed by atoms with Gasteiger partial charge in [-0.15, -0.1) is 12.4 Å². The first-order valence-corrected chi connectivity index (χ1v) is 8.70. The van der Waals surface area contributed by atoms with E-state index in [0.29, 0.717) is 18.2 Å². The summed E-state index contributed by atoms with van der Waals surface area (Å²) in [5.74, 6) is 0.131. The first-order chi connectivity index (χ1) is 11.0.